The van der Waals surface area contributed by atoms with Gasteiger partial charge in [-0.2, -0.15) is 0 Å². The zero-order valence-electron chi connectivity index (χ0n) is 15.1. The Balaban J connectivity index is 1.72. The summed E-state index contributed by atoms with van der Waals surface area (Å²) in [6.45, 7) is 2.95. The molecule has 1 saturated carbocycles. The molecule has 1 aliphatic heterocycles. The van der Waals surface area contributed by atoms with E-state index in [0.29, 0.717) is 5.91 Å². The third kappa shape index (κ3) is 3.22. The molecule has 0 N–H and O–H groups in total. The summed E-state index contributed by atoms with van der Waals surface area (Å²) >= 11 is 0. The van der Waals surface area contributed by atoms with Crippen molar-refractivity contribution in [2.45, 2.75) is 51.5 Å². The fourth-order valence-electron chi connectivity index (χ4n) is 4.50. The Morgan fingerprint density at radius 2 is 1.68 bits per heavy atom. The van der Waals surface area contributed by atoms with E-state index in [1.807, 2.05) is 0 Å². The third-order valence-electron chi connectivity index (χ3n) is 5.91. The van der Waals surface area contributed by atoms with E-state index in [9.17, 15) is 4.79 Å². The maximum Gasteiger partial charge on any atom is 0.226 e. The first kappa shape index (κ1) is 16.4. The van der Waals surface area contributed by atoms with Crippen molar-refractivity contribution in [2.24, 2.45) is 5.92 Å². The lowest BCUT2D eigenvalue weighted by Gasteiger charge is -2.40. The van der Waals surface area contributed by atoms with Gasteiger partial charge in [-0.1, -0.05) is 73.4 Å². The molecule has 2 aromatic carbocycles. The number of amides is 1. The summed E-state index contributed by atoms with van der Waals surface area (Å²) in [6, 6.07) is 17.4. The van der Waals surface area contributed by atoms with Crippen LogP contribution in [0.2, 0.25) is 0 Å². The van der Waals surface area contributed by atoms with Gasteiger partial charge in [-0.05, 0) is 42.9 Å². The average molecular weight is 333 g/mol. The molecule has 1 fully saturated rings. The molecule has 1 heterocycles. The maximum absolute atomic E-state index is 13.3. The van der Waals surface area contributed by atoms with Crippen LogP contribution in [0.25, 0.3) is 0 Å². The van der Waals surface area contributed by atoms with Crippen molar-refractivity contribution in [3.63, 3.8) is 0 Å². The second-order valence-electron chi connectivity index (χ2n) is 7.63. The highest BCUT2D eigenvalue weighted by Crippen LogP contribution is 2.37. The van der Waals surface area contributed by atoms with Gasteiger partial charge in [0.05, 0.1) is 6.04 Å². The van der Waals surface area contributed by atoms with Crippen LogP contribution in [-0.4, -0.2) is 17.4 Å². The van der Waals surface area contributed by atoms with Crippen molar-refractivity contribution in [1.82, 2.24) is 4.90 Å². The van der Waals surface area contributed by atoms with Crippen LogP contribution in [0.5, 0.6) is 0 Å². The summed E-state index contributed by atoms with van der Waals surface area (Å²) in [7, 11) is 0. The molecule has 0 bridgehead atoms. The van der Waals surface area contributed by atoms with Gasteiger partial charge in [0.2, 0.25) is 5.91 Å². The number of aryl methyl sites for hydroxylation is 1. The second-order valence-corrected chi connectivity index (χ2v) is 7.63. The molecule has 130 valence electrons. The summed E-state index contributed by atoms with van der Waals surface area (Å²) in [4.78, 5) is 15.5. The Morgan fingerprint density at radius 1 is 0.960 bits per heavy atom. The van der Waals surface area contributed by atoms with E-state index in [1.165, 1.54) is 41.5 Å². The predicted molar refractivity (Wildman–Crippen MR) is 101 cm³/mol. The first-order chi connectivity index (χ1) is 12.2. The highest BCUT2D eigenvalue weighted by molar-refractivity contribution is 5.80. The fourth-order valence-corrected chi connectivity index (χ4v) is 4.50. The van der Waals surface area contributed by atoms with Gasteiger partial charge in [0.25, 0.3) is 0 Å². The minimum Gasteiger partial charge on any atom is -0.331 e. The number of benzene rings is 2. The summed E-state index contributed by atoms with van der Waals surface area (Å²) in [5.74, 6) is 0.603. The number of carbonyl (C=O) groups excluding carboxylic acids is 1. The molecule has 1 atom stereocenters. The van der Waals surface area contributed by atoms with E-state index in [0.717, 1.165) is 25.8 Å². The smallest absolute Gasteiger partial charge is 0.226 e. The van der Waals surface area contributed by atoms with Gasteiger partial charge >= 0.3 is 0 Å². The number of fused-ring (bicyclic) bond motifs is 1. The monoisotopic (exact) mass is 333 g/mol. The number of hydrogen-bond acceptors (Lipinski definition) is 1. The molecule has 0 unspecified atom stereocenters. The van der Waals surface area contributed by atoms with Crippen LogP contribution >= 0.6 is 0 Å². The normalized spacial score (nSPS) is 21.0. The quantitative estimate of drug-likeness (QED) is 0.753. The third-order valence-corrected chi connectivity index (χ3v) is 5.91. The average Bonchev–Trinajstić information content (AvgIpc) is 2.68. The largest absolute Gasteiger partial charge is 0.331 e. The summed E-state index contributed by atoms with van der Waals surface area (Å²) < 4.78 is 0. The van der Waals surface area contributed by atoms with Gasteiger partial charge in [0, 0.05) is 12.5 Å². The van der Waals surface area contributed by atoms with Gasteiger partial charge in [-0.25, -0.2) is 0 Å². The Kier molecular flexibility index (Phi) is 4.61. The molecular formula is C23H27NO. The van der Waals surface area contributed by atoms with Crippen molar-refractivity contribution in [3.05, 3.63) is 70.8 Å². The van der Waals surface area contributed by atoms with Crippen molar-refractivity contribution in [2.75, 3.05) is 6.54 Å². The first-order valence-electron chi connectivity index (χ1n) is 9.69. The maximum atomic E-state index is 13.3. The standard InChI is InChI=1S/C23H27NO/c1-17-11-13-19(14-12-17)22-21-10-6-5-7-18(21)15-16-24(22)23(25)20-8-3-2-4-9-20/h5-7,10-14,20,22H,2-4,8-9,15-16H2,1H3/t22-/m0/s1. The minimum absolute atomic E-state index is 0.0694. The Hall–Kier alpha value is -2.09. The number of hydrogen-bond donors (Lipinski definition) is 0. The zero-order chi connectivity index (χ0) is 17.2. The number of rotatable bonds is 2. The molecule has 1 amide bonds. The topological polar surface area (TPSA) is 20.3 Å². The zero-order valence-corrected chi connectivity index (χ0v) is 15.1. The Bertz CT molecular complexity index is 743. The van der Waals surface area contributed by atoms with Crippen LogP contribution in [0.3, 0.4) is 0 Å². The van der Waals surface area contributed by atoms with Gasteiger partial charge in [0.15, 0.2) is 0 Å². The lowest BCUT2D eigenvalue weighted by molar-refractivity contribution is -0.138. The first-order valence-corrected chi connectivity index (χ1v) is 9.69. The molecule has 25 heavy (non-hydrogen) atoms. The lowest BCUT2D eigenvalue weighted by Crippen LogP contribution is -2.44. The van der Waals surface area contributed by atoms with Gasteiger partial charge in [-0.15, -0.1) is 0 Å². The fraction of sp³-hybridized carbons (Fsp3) is 0.435. The summed E-state index contributed by atoms with van der Waals surface area (Å²) in [5.41, 5.74) is 5.20. The Morgan fingerprint density at radius 3 is 2.44 bits per heavy atom. The van der Waals surface area contributed by atoms with E-state index in [1.54, 1.807) is 0 Å². The molecule has 4 rings (SSSR count). The van der Waals surface area contributed by atoms with Crippen LogP contribution in [0.1, 0.15) is 60.4 Å². The molecular weight excluding hydrogens is 306 g/mol. The van der Waals surface area contributed by atoms with Crippen LogP contribution < -0.4 is 0 Å². The summed E-state index contributed by atoms with van der Waals surface area (Å²) in [6.07, 6.45) is 6.80. The molecule has 1 aliphatic carbocycles. The predicted octanol–water partition coefficient (Wildman–Crippen LogP) is 5.05. The number of carbonyl (C=O) groups is 1. The van der Waals surface area contributed by atoms with Gasteiger partial charge < -0.3 is 4.90 Å². The van der Waals surface area contributed by atoms with E-state index in [2.05, 4.69) is 60.4 Å². The highest BCUT2D eigenvalue weighted by Gasteiger charge is 2.35. The van der Waals surface area contributed by atoms with Crippen molar-refractivity contribution >= 4 is 5.91 Å². The van der Waals surface area contributed by atoms with Gasteiger partial charge in [0.1, 0.15) is 0 Å². The number of nitrogens with zero attached hydrogens (tertiary/aromatic N) is 1. The van der Waals surface area contributed by atoms with E-state index < -0.39 is 0 Å². The molecule has 2 heteroatoms. The van der Waals surface area contributed by atoms with E-state index in [-0.39, 0.29) is 12.0 Å². The molecule has 0 radical (unpaired) electrons. The minimum atomic E-state index is 0.0694. The van der Waals surface area contributed by atoms with Gasteiger partial charge in [-0.3, -0.25) is 4.79 Å². The van der Waals surface area contributed by atoms with Crippen LogP contribution in [0, 0.1) is 12.8 Å². The molecule has 2 nitrogen and oxygen atoms in total. The van der Waals surface area contributed by atoms with Crippen molar-refractivity contribution in [1.29, 1.82) is 0 Å². The molecule has 0 saturated heterocycles. The van der Waals surface area contributed by atoms with Crippen molar-refractivity contribution < 1.29 is 4.79 Å². The molecule has 0 aromatic heterocycles. The second kappa shape index (κ2) is 7.03. The Labute approximate surface area is 150 Å². The summed E-state index contributed by atoms with van der Waals surface area (Å²) in [5, 5.41) is 0. The van der Waals surface area contributed by atoms with Crippen molar-refractivity contribution in [3.8, 4) is 0 Å². The van der Waals surface area contributed by atoms with E-state index >= 15 is 0 Å². The molecule has 2 aliphatic rings. The highest BCUT2D eigenvalue weighted by atomic mass is 16.2. The van der Waals surface area contributed by atoms with E-state index in [4.69, 9.17) is 0 Å². The van der Waals surface area contributed by atoms with Crippen LogP contribution in [0.4, 0.5) is 0 Å². The molecule has 2 aromatic rings. The van der Waals surface area contributed by atoms with Crippen LogP contribution in [-0.2, 0) is 11.2 Å². The lowest BCUT2D eigenvalue weighted by atomic mass is 9.84. The molecule has 0 spiro atoms. The van der Waals surface area contributed by atoms with Crippen LogP contribution in [0.15, 0.2) is 48.5 Å². The SMILES string of the molecule is Cc1ccc([C@H]2c3ccccc3CCN2C(=O)C2CCCCC2)cc1.